The average molecular weight is 342 g/mol. The van der Waals surface area contributed by atoms with E-state index in [4.69, 9.17) is 0 Å². The molecule has 1 atom stereocenters. The van der Waals surface area contributed by atoms with Crippen molar-refractivity contribution < 1.29 is 13.2 Å². The lowest BCUT2D eigenvalue weighted by molar-refractivity contribution is -0.133. The van der Waals surface area contributed by atoms with Crippen molar-refractivity contribution >= 4 is 27.3 Å². The van der Waals surface area contributed by atoms with E-state index in [1.807, 2.05) is 21.7 Å². The number of piperidine rings is 1. The largest absolute Gasteiger partial charge is 0.341 e. The van der Waals surface area contributed by atoms with Crippen LogP contribution in [0.1, 0.15) is 31.2 Å². The SMILES string of the molecule is CS(=O)(=O)N1CCC[C@]12CCCN(C(=O)Cc1ccsc1)C2. The standard InChI is InChI=1S/C15H22N2O3S2/c1-22(19,20)17-8-3-6-15(17)5-2-7-16(12-15)14(18)10-13-4-9-21-11-13/h4,9,11H,2-3,5-8,10,12H2,1H3/t15-/m0/s1. The Kier molecular flexibility index (Phi) is 4.31. The summed E-state index contributed by atoms with van der Waals surface area (Å²) in [5.74, 6) is 0.109. The minimum Gasteiger partial charge on any atom is -0.341 e. The molecule has 2 fully saturated rings. The lowest BCUT2D eigenvalue weighted by Gasteiger charge is -2.44. The van der Waals surface area contributed by atoms with Gasteiger partial charge < -0.3 is 4.90 Å². The number of thiophene rings is 1. The van der Waals surface area contributed by atoms with Gasteiger partial charge in [0.2, 0.25) is 15.9 Å². The zero-order valence-electron chi connectivity index (χ0n) is 12.8. The van der Waals surface area contributed by atoms with Gasteiger partial charge in [0.05, 0.1) is 18.2 Å². The quantitative estimate of drug-likeness (QED) is 0.840. The van der Waals surface area contributed by atoms with Crippen molar-refractivity contribution in [2.75, 3.05) is 25.9 Å². The van der Waals surface area contributed by atoms with E-state index in [2.05, 4.69) is 0 Å². The third-order valence-electron chi connectivity index (χ3n) is 4.78. The van der Waals surface area contributed by atoms with Gasteiger partial charge in [0.1, 0.15) is 0 Å². The van der Waals surface area contributed by atoms with Crippen LogP contribution >= 0.6 is 11.3 Å². The molecule has 0 saturated carbocycles. The van der Waals surface area contributed by atoms with Gasteiger partial charge in [0.25, 0.3) is 0 Å². The van der Waals surface area contributed by atoms with Crippen molar-refractivity contribution in [2.24, 2.45) is 0 Å². The normalized spacial score (nSPS) is 26.7. The number of amides is 1. The molecule has 2 aliphatic heterocycles. The number of likely N-dealkylation sites (tertiary alicyclic amines) is 1. The van der Waals surface area contributed by atoms with Gasteiger partial charge in [-0.3, -0.25) is 4.79 Å². The molecular weight excluding hydrogens is 320 g/mol. The highest BCUT2D eigenvalue weighted by Gasteiger charge is 2.48. The first kappa shape index (κ1) is 16.0. The second-order valence-corrected chi connectivity index (χ2v) is 9.08. The molecule has 22 heavy (non-hydrogen) atoms. The Morgan fingerprint density at radius 1 is 1.32 bits per heavy atom. The predicted molar refractivity (Wildman–Crippen MR) is 87.4 cm³/mol. The third kappa shape index (κ3) is 3.07. The number of sulfonamides is 1. The molecule has 3 rings (SSSR count). The van der Waals surface area contributed by atoms with Crippen molar-refractivity contribution in [3.05, 3.63) is 22.4 Å². The van der Waals surface area contributed by atoms with Crippen LogP contribution < -0.4 is 0 Å². The molecule has 2 aliphatic rings. The van der Waals surface area contributed by atoms with Crippen LogP contribution in [0, 0.1) is 0 Å². The molecule has 3 heterocycles. The van der Waals surface area contributed by atoms with Crippen LogP contribution in [-0.2, 0) is 21.2 Å². The zero-order chi connectivity index (χ0) is 15.8. The summed E-state index contributed by atoms with van der Waals surface area (Å²) in [4.78, 5) is 14.4. The number of hydrogen-bond donors (Lipinski definition) is 0. The molecule has 7 heteroatoms. The van der Waals surface area contributed by atoms with Crippen LogP contribution in [0.2, 0.25) is 0 Å². The summed E-state index contributed by atoms with van der Waals surface area (Å²) in [5, 5.41) is 3.97. The van der Waals surface area contributed by atoms with Crippen LogP contribution in [0.4, 0.5) is 0 Å². The van der Waals surface area contributed by atoms with Gasteiger partial charge in [0.15, 0.2) is 0 Å². The fraction of sp³-hybridized carbons (Fsp3) is 0.667. The summed E-state index contributed by atoms with van der Waals surface area (Å²) in [6.45, 7) is 1.87. The van der Waals surface area contributed by atoms with E-state index in [1.165, 1.54) is 6.26 Å². The molecule has 0 bridgehead atoms. The molecule has 0 aromatic carbocycles. The highest BCUT2D eigenvalue weighted by atomic mass is 32.2. The van der Waals surface area contributed by atoms with Crippen LogP contribution in [0.3, 0.4) is 0 Å². The minimum absolute atomic E-state index is 0.109. The van der Waals surface area contributed by atoms with Gasteiger partial charge in [-0.15, -0.1) is 0 Å². The predicted octanol–water partition coefficient (Wildman–Crippen LogP) is 1.71. The van der Waals surface area contributed by atoms with Gasteiger partial charge in [-0.1, -0.05) is 0 Å². The minimum atomic E-state index is -3.21. The van der Waals surface area contributed by atoms with Gasteiger partial charge in [0, 0.05) is 19.6 Å². The molecule has 1 spiro atoms. The number of nitrogens with zero attached hydrogens (tertiary/aromatic N) is 2. The Morgan fingerprint density at radius 2 is 2.05 bits per heavy atom. The van der Waals surface area contributed by atoms with Gasteiger partial charge in [-0.25, -0.2) is 8.42 Å². The first-order valence-corrected chi connectivity index (χ1v) is 10.5. The van der Waals surface area contributed by atoms with E-state index in [0.717, 1.165) is 37.8 Å². The second kappa shape index (κ2) is 5.94. The molecule has 0 radical (unpaired) electrons. The summed E-state index contributed by atoms with van der Waals surface area (Å²) in [7, 11) is -3.21. The maximum absolute atomic E-state index is 12.5. The Labute approximate surface area is 136 Å². The molecule has 0 aliphatic carbocycles. The van der Waals surface area contributed by atoms with Crippen LogP contribution in [0.5, 0.6) is 0 Å². The Balaban J connectivity index is 1.75. The monoisotopic (exact) mass is 342 g/mol. The van der Waals surface area contributed by atoms with E-state index < -0.39 is 10.0 Å². The number of carbonyl (C=O) groups is 1. The molecule has 122 valence electrons. The highest BCUT2D eigenvalue weighted by Crippen LogP contribution is 2.38. The van der Waals surface area contributed by atoms with E-state index in [9.17, 15) is 13.2 Å². The summed E-state index contributed by atoms with van der Waals surface area (Å²) < 4.78 is 25.8. The van der Waals surface area contributed by atoms with Crippen molar-refractivity contribution in [1.29, 1.82) is 0 Å². The molecule has 0 N–H and O–H groups in total. The zero-order valence-corrected chi connectivity index (χ0v) is 14.5. The fourth-order valence-corrected chi connectivity index (χ4v) is 5.92. The van der Waals surface area contributed by atoms with Crippen molar-refractivity contribution in [1.82, 2.24) is 9.21 Å². The Bertz CT molecular complexity index is 642. The molecule has 1 aromatic heterocycles. The topological polar surface area (TPSA) is 57.7 Å². The molecule has 1 amide bonds. The number of hydrogen-bond acceptors (Lipinski definition) is 4. The van der Waals surface area contributed by atoms with Gasteiger partial charge in [-0.2, -0.15) is 15.6 Å². The number of rotatable bonds is 3. The molecule has 5 nitrogen and oxygen atoms in total. The van der Waals surface area contributed by atoms with Crippen LogP contribution in [-0.4, -0.2) is 55.0 Å². The van der Waals surface area contributed by atoms with Gasteiger partial charge >= 0.3 is 0 Å². The van der Waals surface area contributed by atoms with Crippen molar-refractivity contribution in [3.63, 3.8) is 0 Å². The fourth-order valence-electron chi connectivity index (χ4n) is 3.84. The first-order chi connectivity index (χ1) is 10.4. The molecular formula is C15H22N2O3S2. The van der Waals surface area contributed by atoms with Crippen molar-refractivity contribution in [3.8, 4) is 0 Å². The first-order valence-electron chi connectivity index (χ1n) is 7.67. The lowest BCUT2D eigenvalue weighted by atomic mass is 9.87. The van der Waals surface area contributed by atoms with Crippen LogP contribution in [0.25, 0.3) is 0 Å². The van der Waals surface area contributed by atoms with E-state index in [-0.39, 0.29) is 11.4 Å². The van der Waals surface area contributed by atoms with Gasteiger partial charge in [-0.05, 0) is 48.1 Å². The highest BCUT2D eigenvalue weighted by molar-refractivity contribution is 7.88. The summed E-state index contributed by atoms with van der Waals surface area (Å²) >= 11 is 1.59. The maximum Gasteiger partial charge on any atom is 0.227 e. The van der Waals surface area contributed by atoms with Crippen LogP contribution in [0.15, 0.2) is 16.8 Å². The smallest absolute Gasteiger partial charge is 0.227 e. The Morgan fingerprint density at radius 3 is 2.68 bits per heavy atom. The Hall–Kier alpha value is -0.920. The second-order valence-electron chi connectivity index (χ2n) is 6.39. The lowest BCUT2D eigenvalue weighted by Crippen LogP contribution is -2.58. The molecule has 2 saturated heterocycles. The summed E-state index contributed by atoms with van der Waals surface area (Å²) in [5.41, 5.74) is 0.678. The maximum atomic E-state index is 12.5. The van der Waals surface area contributed by atoms with E-state index in [1.54, 1.807) is 15.6 Å². The molecule has 0 unspecified atom stereocenters. The average Bonchev–Trinajstić information content (AvgIpc) is 3.08. The third-order valence-corrected chi connectivity index (χ3v) is 6.88. The van der Waals surface area contributed by atoms with E-state index in [0.29, 0.717) is 19.5 Å². The summed E-state index contributed by atoms with van der Waals surface area (Å²) in [6, 6.07) is 1.97. The van der Waals surface area contributed by atoms with E-state index >= 15 is 0 Å². The molecule has 1 aromatic rings. The number of carbonyl (C=O) groups excluding carboxylic acids is 1. The summed E-state index contributed by atoms with van der Waals surface area (Å²) in [6.07, 6.45) is 5.19. The van der Waals surface area contributed by atoms with Crippen molar-refractivity contribution in [2.45, 2.75) is 37.6 Å².